The number of hydrogen-bond donors (Lipinski definition) is 0. The van der Waals surface area contributed by atoms with Gasteiger partial charge in [-0.2, -0.15) is 18.2 Å². The summed E-state index contributed by atoms with van der Waals surface area (Å²) in [6.45, 7) is 0.825. The lowest BCUT2D eigenvalue weighted by Gasteiger charge is -2.31. The van der Waals surface area contributed by atoms with Crippen molar-refractivity contribution in [3.63, 3.8) is 0 Å². The van der Waals surface area contributed by atoms with Crippen molar-refractivity contribution in [3.8, 4) is 11.4 Å². The molecular formula is C21H18F4N4O2. The number of halogens is 4. The largest absolute Gasteiger partial charge is 0.419 e. The highest BCUT2D eigenvalue weighted by Crippen LogP contribution is 2.32. The van der Waals surface area contributed by atoms with Gasteiger partial charge in [-0.05, 0) is 49.1 Å². The molecule has 31 heavy (non-hydrogen) atoms. The van der Waals surface area contributed by atoms with Crippen molar-refractivity contribution >= 4 is 5.91 Å². The Balaban J connectivity index is 1.34. The highest BCUT2D eigenvalue weighted by Gasteiger charge is 2.34. The maximum absolute atomic E-state index is 13.8. The number of carbonyl (C=O) groups is 1. The van der Waals surface area contributed by atoms with Gasteiger partial charge in [-0.25, -0.2) is 4.39 Å². The van der Waals surface area contributed by atoms with Crippen LogP contribution in [0.15, 0.2) is 47.2 Å². The van der Waals surface area contributed by atoms with Crippen molar-refractivity contribution in [2.75, 3.05) is 13.1 Å². The molecule has 1 amide bonds. The first-order valence-electron chi connectivity index (χ1n) is 9.70. The molecule has 1 saturated heterocycles. The maximum atomic E-state index is 13.8. The fourth-order valence-electron chi connectivity index (χ4n) is 3.60. The molecule has 0 radical (unpaired) electrons. The molecular weight excluding hydrogens is 416 g/mol. The van der Waals surface area contributed by atoms with E-state index in [-0.39, 0.29) is 11.5 Å². The second-order valence-electron chi connectivity index (χ2n) is 7.39. The smallest absolute Gasteiger partial charge is 0.339 e. The molecule has 0 aliphatic carbocycles. The van der Waals surface area contributed by atoms with Gasteiger partial charge in [-0.1, -0.05) is 5.16 Å². The predicted molar refractivity (Wildman–Crippen MR) is 101 cm³/mol. The lowest BCUT2D eigenvalue weighted by molar-refractivity contribution is -0.140. The third-order valence-electron chi connectivity index (χ3n) is 5.27. The van der Waals surface area contributed by atoms with E-state index in [0.29, 0.717) is 56.2 Å². The molecule has 1 fully saturated rings. The summed E-state index contributed by atoms with van der Waals surface area (Å²) >= 11 is 0. The first kappa shape index (κ1) is 21.0. The van der Waals surface area contributed by atoms with Crippen LogP contribution in [0.3, 0.4) is 0 Å². The molecule has 0 atom stereocenters. The second-order valence-corrected chi connectivity index (χ2v) is 7.39. The van der Waals surface area contributed by atoms with Crippen molar-refractivity contribution in [1.29, 1.82) is 0 Å². The van der Waals surface area contributed by atoms with E-state index in [1.807, 2.05) is 6.07 Å². The Bertz CT molecular complexity index is 1060. The fourth-order valence-corrected chi connectivity index (χ4v) is 3.60. The van der Waals surface area contributed by atoms with Crippen LogP contribution >= 0.6 is 0 Å². The number of likely N-dealkylation sites (tertiary alicyclic amines) is 1. The average Bonchev–Trinajstić information content (AvgIpc) is 3.22. The quantitative estimate of drug-likeness (QED) is 0.570. The van der Waals surface area contributed by atoms with Crippen LogP contribution in [-0.4, -0.2) is 39.0 Å². The zero-order valence-corrected chi connectivity index (χ0v) is 16.3. The number of carbonyl (C=O) groups excluding carboxylic acids is 1. The molecule has 0 unspecified atom stereocenters. The summed E-state index contributed by atoms with van der Waals surface area (Å²) in [5.74, 6) is -0.763. The maximum Gasteiger partial charge on any atom is 0.419 e. The van der Waals surface area contributed by atoms with Crippen molar-refractivity contribution in [1.82, 2.24) is 20.0 Å². The summed E-state index contributed by atoms with van der Waals surface area (Å²) in [7, 11) is 0. The van der Waals surface area contributed by atoms with Gasteiger partial charge in [0.05, 0.1) is 5.56 Å². The molecule has 2 aromatic heterocycles. The number of rotatable bonds is 4. The van der Waals surface area contributed by atoms with Crippen molar-refractivity contribution < 1.29 is 26.9 Å². The topological polar surface area (TPSA) is 72.1 Å². The molecule has 1 aliphatic heterocycles. The first-order valence-corrected chi connectivity index (χ1v) is 9.70. The number of piperidine rings is 1. The average molecular weight is 434 g/mol. The first-order chi connectivity index (χ1) is 14.8. The van der Waals surface area contributed by atoms with E-state index in [4.69, 9.17) is 4.52 Å². The Morgan fingerprint density at radius 1 is 1.19 bits per heavy atom. The SMILES string of the molecule is O=C(c1ccc(C(F)(F)F)c(F)c1)N1CCC(Cc2nc(-c3cccnc3)no2)CC1. The van der Waals surface area contributed by atoms with Gasteiger partial charge in [-0.3, -0.25) is 9.78 Å². The monoisotopic (exact) mass is 434 g/mol. The molecule has 1 aromatic carbocycles. The molecule has 0 saturated carbocycles. The normalized spacial score (nSPS) is 15.3. The number of amides is 1. The zero-order chi connectivity index (χ0) is 22.0. The van der Waals surface area contributed by atoms with Crippen molar-refractivity contribution in [2.45, 2.75) is 25.4 Å². The number of pyridine rings is 1. The number of alkyl halides is 3. The Hall–Kier alpha value is -3.30. The number of nitrogens with zero attached hydrogens (tertiary/aromatic N) is 4. The van der Waals surface area contributed by atoms with Gasteiger partial charge >= 0.3 is 6.18 Å². The zero-order valence-electron chi connectivity index (χ0n) is 16.3. The third kappa shape index (κ3) is 4.73. The van der Waals surface area contributed by atoms with E-state index in [1.165, 1.54) is 4.90 Å². The lowest BCUT2D eigenvalue weighted by Crippen LogP contribution is -2.39. The summed E-state index contributed by atoms with van der Waals surface area (Å²) in [6.07, 6.45) is 0.389. The Kier molecular flexibility index (Phi) is 5.71. The van der Waals surface area contributed by atoms with Crippen LogP contribution in [-0.2, 0) is 12.6 Å². The van der Waals surface area contributed by atoms with Crippen LogP contribution in [0.1, 0.15) is 34.7 Å². The van der Waals surface area contributed by atoms with Gasteiger partial charge in [0.2, 0.25) is 11.7 Å². The molecule has 0 spiro atoms. The fraction of sp³-hybridized carbons (Fsp3) is 0.333. The standard InChI is InChI=1S/C21H18F4N4O2/c22-17-11-14(3-4-16(17)21(23,24)25)20(30)29-8-5-13(6-9-29)10-18-27-19(28-31-18)15-2-1-7-26-12-15/h1-4,7,11-13H,5-6,8-10H2. The minimum Gasteiger partial charge on any atom is -0.339 e. The van der Waals surface area contributed by atoms with E-state index < -0.39 is 23.5 Å². The predicted octanol–water partition coefficient (Wildman–Crippen LogP) is 4.38. The van der Waals surface area contributed by atoms with E-state index in [9.17, 15) is 22.4 Å². The minimum atomic E-state index is -4.80. The highest BCUT2D eigenvalue weighted by atomic mass is 19.4. The van der Waals surface area contributed by atoms with Crippen LogP contribution in [0.25, 0.3) is 11.4 Å². The lowest BCUT2D eigenvalue weighted by atomic mass is 9.93. The Morgan fingerprint density at radius 3 is 2.61 bits per heavy atom. The summed E-state index contributed by atoms with van der Waals surface area (Å²) < 4.78 is 57.2. The molecule has 0 N–H and O–H groups in total. The van der Waals surface area contributed by atoms with Gasteiger partial charge in [0.25, 0.3) is 5.91 Å². The van der Waals surface area contributed by atoms with Gasteiger partial charge in [0, 0.05) is 43.0 Å². The summed E-state index contributed by atoms with van der Waals surface area (Å²) in [5.41, 5.74) is -0.725. The summed E-state index contributed by atoms with van der Waals surface area (Å²) in [5, 5.41) is 3.96. The Labute approximate surface area is 174 Å². The molecule has 0 bridgehead atoms. The molecule has 10 heteroatoms. The Morgan fingerprint density at radius 2 is 1.97 bits per heavy atom. The van der Waals surface area contributed by atoms with Crippen LogP contribution in [0.4, 0.5) is 17.6 Å². The van der Waals surface area contributed by atoms with Crippen molar-refractivity contribution in [3.05, 3.63) is 65.6 Å². The highest BCUT2D eigenvalue weighted by molar-refractivity contribution is 5.94. The second kappa shape index (κ2) is 8.44. The van der Waals surface area contributed by atoms with Crippen LogP contribution in [0.5, 0.6) is 0 Å². The number of hydrogen-bond acceptors (Lipinski definition) is 5. The number of benzene rings is 1. The molecule has 1 aliphatic rings. The van der Waals surface area contributed by atoms with Gasteiger partial charge < -0.3 is 9.42 Å². The molecule has 3 heterocycles. The third-order valence-corrected chi connectivity index (χ3v) is 5.27. The van der Waals surface area contributed by atoms with E-state index in [1.54, 1.807) is 18.5 Å². The van der Waals surface area contributed by atoms with Crippen molar-refractivity contribution in [2.24, 2.45) is 5.92 Å². The molecule has 4 rings (SSSR count). The van der Waals surface area contributed by atoms with Crippen LogP contribution in [0, 0.1) is 11.7 Å². The van der Waals surface area contributed by atoms with E-state index in [0.717, 1.165) is 11.6 Å². The van der Waals surface area contributed by atoms with Crippen LogP contribution in [0.2, 0.25) is 0 Å². The molecule has 162 valence electrons. The van der Waals surface area contributed by atoms with Gasteiger partial charge in [-0.15, -0.1) is 0 Å². The number of aromatic nitrogens is 3. The van der Waals surface area contributed by atoms with Gasteiger partial charge in [0.1, 0.15) is 5.82 Å². The summed E-state index contributed by atoms with van der Waals surface area (Å²) in [4.78, 5) is 22.5. The molecule has 3 aromatic rings. The molecule has 6 nitrogen and oxygen atoms in total. The van der Waals surface area contributed by atoms with E-state index >= 15 is 0 Å². The minimum absolute atomic E-state index is 0.0954. The van der Waals surface area contributed by atoms with E-state index in [2.05, 4.69) is 15.1 Å². The van der Waals surface area contributed by atoms with Gasteiger partial charge in [0.15, 0.2) is 0 Å². The summed E-state index contributed by atoms with van der Waals surface area (Å²) in [6, 6.07) is 5.87. The van der Waals surface area contributed by atoms with Crippen LogP contribution < -0.4 is 0 Å².